The number of benzene rings is 4. The summed E-state index contributed by atoms with van der Waals surface area (Å²) in [6, 6.07) is 30.9. The van der Waals surface area contributed by atoms with Crippen LogP contribution in [0.3, 0.4) is 0 Å². The maximum atomic E-state index is 13.5. The molecular weight excluding hydrogens is 512 g/mol. The van der Waals surface area contributed by atoms with Crippen molar-refractivity contribution in [3.05, 3.63) is 126 Å². The van der Waals surface area contributed by atoms with Crippen molar-refractivity contribution in [3.8, 4) is 0 Å². The molecule has 0 saturated carbocycles. The van der Waals surface area contributed by atoms with E-state index in [0.717, 1.165) is 4.31 Å². The summed E-state index contributed by atoms with van der Waals surface area (Å²) in [6.45, 7) is 3.02. The fourth-order valence-electron chi connectivity index (χ4n) is 3.85. The number of anilines is 2. The fourth-order valence-corrected chi connectivity index (χ4v) is 5.36. The molecule has 0 saturated heterocycles. The van der Waals surface area contributed by atoms with Gasteiger partial charge in [0.25, 0.3) is 21.8 Å². The molecule has 8 nitrogen and oxygen atoms in total. The summed E-state index contributed by atoms with van der Waals surface area (Å²) in [5, 5.41) is 7.03. The average molecular weight is 541 g/mol. The van der Waals surface area contributed by atoms with Gasteiger partial charge in [0.2, 0.25) is 0 Å². The molecule has 9 heteroatoms. The summed E-state index contributed by atoms with van der Waals surface area (Å²) < 4.78 is 28.0. The van der Waals surface area contributed by atoms with Crippen LogP contribution in [0.25, 0.3) is 0 Å². The summed E-state index contributed by atoms with van der Waals surface area (Å²) >= 11 is 0. The summed E-state index contributed by atoms with van der Waals surface area (Å²) in [7, 11) is -4.02. The smallest absolute Gasteiger partial charge is 0.264 e. The van der Waals surface area contributed by atoms with E-state index in [1.807, 2.05) is 6.07 Å². The molecule has 0 unspecified atom stereocenters. The maximum Gasteiger partial charge on any atom is 0.264 e. The molecule has 0 bridgehead atoms. The highest BCUT2D eigenvalue weighted by atomic mass is 32.2. The molecular formula is C30H28N4O4S. The fraction of sp³-hybridized carbons (Fsp3) is 0.100. The number of para-hydroxylation sites is 1. The van der Waals surface area contributed by atoms with Gasteiger partial charge in [-0.05, 0) is 67.4 Å². The number of hydrogen-bond donors (Lipinski definition) is 2. The molecule has 0 aliphatic heterocycles. The van der Waals surface area contributed by atoms with Crippen LogP contribution in [-0.2, 0) is 14.8 Å². The Balaban J connectivity index is 1.50. The van der Waals surface area contributed by atoms with Gasteiger partial charge in [-0.25, -0.2) is 13.8 Å². The topological polar surface area (TPSA) is 108 Å². The first-order valence-electron chi connectivity index (χ1n) is 12.2. The van der Waals surface area contributed by atoms with E-state index in [2.05, 4.69) is 15.8 Å². The molecule has 0 heterocycles. The number of carbonyl (C=O) groups is 2. The van der Waals surface area contributed by atoms with Crippen LogP contribution in [0.2, 0.25) is 0 Å². The molecule has 0 aliphatic rings. The average Bonchev–Trinajstić information content (AvgIpc) is 2.96. The van der Waals surface area contributed by atoms with Gasteiger partial charge < -0.3 is 5.32 Å². The van der Waals surface area contributed by atoms with Crippen molar-refractivity contribution < 1.29 is 18.0 Å². The van der Waals surface area contributed by atoms with E-state index >= 15 is 0 Å². The Kier molecular flexibility index (Phi) is 8.53. The highest BCUT2D eigenvalue weighted by molar-refractivity contribution is 7.92. The number of sulfonamides is 1. The van der Waals surface area contributed by atoms with Crippen LogP contribution >= 0.6 is 0 Å². The van der Waals surface area contributed by atoms with Crippen molar-refractivity contribution in [2.75, 3.05) is 16.2 Å². The molecule has 2 N–H and O–H groups in total. The highest BCUT2D eigenvalue weighted by Gasteiger charge is 2.28. The third kappa shape index (κ3) is 6.77. The zero-order chi connectivity index (χ0) is 27.8. The Morgan fingerprint density at radius 1 is 0.795 bits per heavy atom. The number of hydrogen-bond acceptors (Lipinski definition) is 5. The Morgan fingerprint density at radius 3 is 2.10 bits per heavy atom. The third-order valence-electron chi connectivity index (χ3n) is 5.93. The summed E-state index contributed by atoms with van der Waals surface area (Å²) in [4.78, 5) is 25.5. The molecule has 4 aromatic carbocycles. The number of nitrogens with one attached hydrogen (secondary N) is 2. The van der Waals surface area contributed by atoms with Crippen molar-refractivity contribution >= 4 is 38.9 Å². The first-order chi connectivity index (χ1) is 18.8. The lowest BCUT2D eigenvalue weighted by Crippen LogP contribution is -2.40. The molecule has 39 heavy (non-hydrogen) atoms. The minimum Gasteiger partial charge on any atom is -0.322 e. The second-order valence-electron chi connectivity index (χ2n) is 8.74. The largest absolute Gasteiger partial charge is 0.322 e. The Labute approximate surface area is 228 Å². The zero-order valence-corrected chi connectivity index (χ0v) is 22.4. The van der Waals surface area contributed by atoms with Crippen LogP contribution in [0.1, 0.15) is 28.4 Å². The second kappa shape index (κ2) is 12.2. The van der Waals surface area contributed by atoms with E-state index in [1.54, 1.807) is 105 Å². The second-order valence-corrected chi connectivity index (χ2v) is 10.6. The van der Waals surface area contributed by atoms with Gasteiger partial charge in [-0.3, -0.25) is 13.9 Å². The third-order valence-corrected chi connectivity index (χ3v) is 7.70. The van der Waals surface area contributed by atoms with Crippen molar-refractivity contribution in [2.45, 2.75) is 18.7 Å². The number of rotatable bonds is 9. The lowest BCUT2D eigenvalue weighted by molar-refractivity contribution is -0.119. The molecule has 0 fully saturated rings. The molecule has 0 atom stereocenters. The van der Waals surface area contributed by atoms with Gasteiger partial charge in [-0.15, -0.1) is 0 Å². The van der Waals surface area contributed by atoms with E-state index in [-0.39, 0.29) is 10.8 Å². The number of carbonyl (C=O) groups excluding carboxylic acids is 2. The SMILES string of the molecule is C/C(=N\NC(=O)CN(c1ccccc1C)S(=O)(=O)c1ccccc1)c1cccc(NC(=O)c2ccccc2)c1. The van der Waals surface area contributed by atoms with Crippen LogP contribution in [0.15, 0.2) is 119 Å². The van der Waals surface area contributed by atoms with E-state index in [4.69, 9.17) is 0 Å². The summed E-state index contributed by atoms with van der Waals surface area (Å²) in [6.07, 6.45) is 0. The molecule has 0 radical (unpaired) electrons. The normalized spacial score (nSPS) is 11.5. The number of hydrazone groups is 1. The number of amides is 2. The van der Waals surface area contributed by atoms with Crippen molar-refractivity contribution in [1.82, 2.24) is 5.43 Å². The predicted molar refractivity (Wildman–Crippen MR) is 153 cm³/mol. The van der Waals surface area contributed by atoms with Gasteiger partial charge in [0.1, 0.15) is 6.54 Å². The van der Waals surface area contributed by atoms with Crippen LogP contribution in [-0.4, -0.2) is 32.5 Å². The molecule has 2 amide bonds. The first kappa shape index (κ1) is 27.3. The molecule has 0 aliphatic carbocycles. The van der Waals surface area contributed by atoms with Crippen LogP contribution < -0.4 is 15.0 Å². The number of aryl methyl sites for hydroxylation is 1. The van der Waals surface area contributed by atoms with Gasteiger partial charge in [0, 0.05) is 11.3 Å². The van der Waals surface area contributed by atoms with Crippen molar-refractivity contribution in [1.29, 1.82) is 0 Å². The zero-order valence-electron chi connectivity index (χ0n) is 21.5. The molecule has 198 valence electrons. The molecule has 0 spiro atoms. The van der Waals surface area contributed by atoms with Crippen LogP contribution in [0, 0.1) is 6.92 Å². The Morgan fingerprint density at radius 2 is 1.41 bits per heavy atom. The molecule has 4 rings (SSSR count). The minimum atomic E-state index is -4.02. The van der Waals surface area contributed by atoms with Gasteiger partial charge in [0.05, 0.1) is 16.3 Å². The van der Waals surface area contributed by atoms with Gasteiger partial charge in [-0.2, -0.15) is 5.10 Å². The minimum absolute atomic E-state index is 0.0788. The lowest BCUT2D eigenvalue weighted by Gasteiger charge is -2.25. The van der Waals surface area contributed by atoms with E-state index in [9.17, 15) is 18.0 Å². The summed E-state index contributed by atoms with van der Waals surface area (Å²) in [5.74, 6) is -0.850. The number of nitrogens with zero attached hydrogens (tertiary/aromatic N) is 2. The van der Waals surface area contributed by atoms with E-state index < -0.39 is 22.5 Å². The van der Waals surface area contributed by atoms with Gasteiger partial charge >= 0.3 is 0 Å². The Hall–Kier alpha value is -4.76. The monoisotopic (exact) mass is 540 g/mol. The van der Waals surface area contributed by atoms with Crippen molar-refractivity contribution in [2.24, 2.45) is 5.10 Å². The quantitative estimate of drug-likeness (QED) is 0.231. The Bertz CT molecular complexity index is 1600. The van der Waals surface area contributed by atoms with Crippen LogP contribution in [0.4, 0.5) is 11.4 Å². The predicted octanol–water partition coefficient (Wildman–Crippen LogP) is 4.98. The maximum absolute atomic E-state index is 13.5. The van der Waals surface area contributed by atoms with Gasteiger partial charge in [-0.1, -0.05) is 66.7 Å². The summed E-state index contributed by atoms with van der Waals surface area (Å²) in [5.41, 5.74) is 5.83. The highest BCUT2D eigenvalue weighted by Crippen LogP contribution is 2.26. The first-order valence-corrected chi connectivity index (χ1v) is 13.6. The van der Waals surface area contributed by atoms with E-state index in [0.29, 0.717) is 33.8 Å². The van der Waals surface area contributed by atoms with Crippen molar-refractivity contribution in [3.63, 3.8) is 0 Å². The molecule has 4 aromatic rings. The lowest BCUT2D eigenvalue weighted by atomic mass is 10.1. The van der Waals surface area contributed by atoms with Gasteiger partial charge in [0.15, 0.2) is 0 Å². The standard InChI is InChI=1S/C30H28N4O4S/c1-22-12-9-10-19-28(22)34(39(37,38)27-17-7-4-8-18-27)21-29(35)33-32-23(2)25-15-11-16-26(20-25)31-30(36)24-13-5-3-6-14-24/h3-20H,21H2,1-2H3,(H,31,36)(H,33,35)/b32-23+. The van der Waals surface area contributed by atoms with Crippen LogP contribution in [0.5, 0.6) is 0 Å². The van der Waals surface area contributed by atoms with E-state index in [1.165, 1.54) is 12.1 Å². The molecule has 0 aromatic heterocycles.